The maximum atomic E-state index is 12.3. The van der Waals surface area contributed by atoms with Crippen LogP contribution in [0.3, 0.4) is 0 Å². The van der Waals surface area contributed by atoms with Crippen LogP contribution in [0.25, 0.3) is 0 Å². The van der Waals surface area contributed by atoms with E-state index in [-0.39, 0.29) is 11.9 Å². The second-order valence-electron chi connectivity index (χ2n) is 6.51. The van der Waals surface area contributed by atoms with E-state index in [2.05, 4.69) is 28.9 Å². The molecular weight excluding hydrogens is 284 g/mol. The summed E-state index contributed by atoms with van der Waals surface area (Å²) < 4.78 is 4.14. The first-order chi connectivity index (χ1) is 9.88. The maximum absolute atomic E-state index is 12.3. The molecule has 1 aromatic heterocycles. The third-order valence-electron chi connectivity index (χ3n) is 4.30. The van der Waals surface area contributed by atoms with Crippen LogP contribution >= 0.6 is 11.5 Å². The van der Waals surface area contributed by atoms with Crippen molar-refractivity contribution in [2.75, 3.05) is 11.1 Å². The second-order valence-corrected chi connectivity index (χ2v) is 7.28. The van der Waals surface area contributed by atoms with E-state index in [0.717, 1.165) is 23.8 Å². The maximum Gasteiger partial charge on any atom is 0.258 e. The van der Waals surface area contributed by atoms with Gasteiger partial charge in [0.1, 0.15) is 10.6 Å². The Kier molecular flexibility index (Phi) is 5.08. The van der Waals surface area contributed by atoms with Gasteiger partial charge in [-0.1, -0.05) is 13.8 Å². The molecule has 0 bridgehead atoms. The summed E-state index contributed by atoms with van der Waals surface area (Å²) in [5, 5.41) is 7.18. The van der Waals surface area contributed by atoms with Gasteiger partial charge in [-0.25, -0.2) is 0 Å². The molecule has 1 saturated carbocycles. The Bertz CT molecular complexity index is 500. The molecule has 1 fully saturated rings. The minimum atomic E-state index is -0.143. The average Bonchev–Trinajstić information content (AvgIpc) is 2.74. The summed E-state index contributed by atoms with van der Waals surface area (Å²) in [6, 6.07) is 0.488. The predicted octanol–water partition coefficient (Wildman–Crippen LogP) is 3.10. The number of aromatic nitrogens is 1. The fourth-order valence-corrected chi connectivity index (χ4v) is 3.61. The standard InChI is InChI=1S/C15H26N4OS/c1-8(2)17-14(20)12-13(16)19-21-15(12)18-11-6-5-9(3)10(4)7-11/h8-11,18H,5-7H2,1-4H3,(H2,16,19)(H,17,20). The van der Waals surface area contributed by atoms with Crippen molar-refractivity contribution < 1.29 is 4.79 Å². The number of anilines is 2. The van der Waals surface area contributed by atoms with Gasteiger partial charge in [0, 0.05) is 12.1 Å². The number of hydrogen-bond acceptors (Lipinski definition) is 5. The molecule has 0 saturated heterocycles. The van der Waals surface area contributed by atoms with Gasteiger partial charge in [0.15, 0.2) is 5.82 Å². The molecule has 5 nitrogen and oxygen atoms in total. The Morgan fingerprint density at radius 1 is 1.33 bits per heavy atom. The van der Waals surface area contributed by atoms with Crippen LogP contribution < -0.4 is 16.4 Å². The van der Waals surface area contributed by atoms with Crippen molar-refractivity contribution in [1.29, 1.82) is 0 Å². The van der Waals surface area contributed by atoms with Gasteiger partial charge in [-0.15, -0.1) is 0 Å². The van der Waals surface area contributed by atoms with Crippen molar-refractivity contribution in [3.8, 4) is 0 Å². The van der Waals surface area contributed by atoms with Crippen molar-refractivity contribution in [3.05, 3.63) is 5.56 Å². The predicted molar refractivity (Wildman–Crippen MR) is 88.7 cm³/mol. The van der Waals surface area contributed by atoms with Gasteiger partial charge < -0.3 is 16.4 Å². The number of nitrogen functional groups attached to an aromatic ring is 1. The van der Waals surface area contributed by atoms with Crippen LogP contribution in [-0.4, -0.2) is 22.4 Å². The van der Waals surface area contributed by atoms with Gasteiger partial charge in [-0.05, 0) is 56.5 Å². The monoisotopic (exact) mass is 310 g/mol. The van der Waals surface area contributed by atoms with Crippen LogP contribution in [0, 0.1) is 11.8 Å². The lowest BCUT2D eigenvalue weighted by Gasteiger charge is -2.32. The van der Waals surface area contributed by atoms with E-state index < -0.39 is 0 Å². The Morgan fingerprint density at radius 3 is 2.67 bits per heavy atom. The third kappa shape index (κ3) is 3.87. The summed E-state index contributed by atoms with van der Waals surface area (Å²) in [5.74, 6) is 1.65. The summed E-state index contributed by atoms with van der Waals surface area (Å²) in [7, 11) is 0. The highest BCUT2D eigenvalue weighted by molar-refractivity contribution is 7.11. The first-order valence-electron chi connectivity index (χ1n) is 7.71. The molecule has 1 aliphatic rings. The largest absolute Gasteiger partial charge is 0.382 e. The van der Waals surface area contributed by atoms with Crippen LogP contribution in [0.5, 0.6) is 0 Å². The van der Waals surface area contributed by atoms with Crippen molar-refractivity contribution in [1.82, 2.24) is 9.69 Å². The van der Waals surface area contributed by atoms with E-state index in [1.165, 1.54) is 18.0 Å². The lowest BCUT2D eigenvalue weighted by atomic mass is 9.79. The van der Waals surface area contributed by atoms with Crippen LogP contribution in [0.1, 0.15) is 57.3 Å². The molecule has 0 aliphatic heterocycles. The summed E-state index contributed by atoms with van der Waals surface area (Å²) in [4.78, 5) is 12.3. The molecule has 0 spiro atoms. The normalized spacial score (nSPS) is 25.9. The van der Waals surface area contributed by atoms with Crippen LogP contribution in [0.2, 0.25) is 0 Å². The highest BCUT2D eigenvalue weighted by Crippen LogP contribution is 2.34. The number of carbonyl (C=O) groups excluding carboxylic acids is 1. The number of nitrogens with zero attached hydrogens (tertiary/aromatic N) is 1. The molecule has 0 radical (unpaired) electrons. The molecule has 1 heterocycles. The Balaban J connectivity index is 2.09. The summed E-state index contributed by atoms with van der Waals surface area (Å²) >= 11 is 1.28. The zero-order valence-corrected chi connectivity index (χ0v) is 14.1. The van der Waals surface area contributed by atoms with E-state index in [1.54, 1.807) is 0 Å². The van der Waals surface area contributed by atoms with E-state index in [4.69, 9.17) is 5.73 Å². The summed E-state index contributed by atoms with van der Waals surface area (Å²) in [6.07, 6.45) is 3.49. The van der Waals surface area contributed by atoms with Gasteiger partial charge >= 0.3 is 0 Å². The van der Waals surface area contributed by atoms with Crippen molar-refractivity contribution in [3.63, 3.8) is 0 Å². The van der Waals surface area contributed by atoms with Gasteiger partial charge in [0.05, 0.1) is 0 Å². The molecule has 3 unspecified atom stereocenters. The van der Waals surface area contributed by atoms with Gasteiger partial charge in [0.25, 0.3) is 5.91 Å². The molecular formula is C15H26N4OS. The van der Waals surface area contributed by atoms with Gasteiger partial charge in [-0.3, -0.25) is 4.79 Å². The smallest absolute Gasteiger partial charge is 0.258 e. The lowest BCUT2D eigenvalue weighted by Crippen LogP contribution is -2.33. The van der Waals surface area contributed by atoms with Crippen LogP contribution in [-0.2, 0) is 0 Å². The zero-order valence-electron chi connectivity index (χ0n) is 13.3. The van der Waals surface area contributed by atoms with Crippen molar-refractivity contribution >= 4 is 28.3 Å². The van der Waals surface area contributed by atoms with E-state index in [1.807, 2.05) is 13.8 Å². The minimum absolute atomic E-state index is 0.0835. The molecule has 1 aliphatic carbocycles. The van der Waals surface area contributed by atoms with E-state index >= 15 is 0 Å². The number of nitrogens with two attached hydrogens (primary N) is 1. The summed E-state index contributed by atoms with van der Waals surface area (Å²) in [5.41, 5.74) is 6.37. The molecule has 2 rings (SSSR count). The zero-order chi connectivity index (χ0) is 15.6. The van der Waals surface area contributed by atoms with Gasteiger partial charge in [-0.2, -0.15) is 4.37 Å². The number of amides is 1. The molecule has 6 heteroatoms. The fraction of sp³-hybridized carbons (Fsp3) is 0.733. The number of nitrogens with one attached hydrogen (secondary N) is 2. The van der Waals surface area contributed by atoms with Crippen molar-refractivity contribution in [2.45, 2.75) is 59.0 Å². The Labute approximate surface area is 130 Å². The molecule has 21 heavy (non-hydrogen) atoms. The third-order valence-corrected chi connectivity index (χ3v) is 5.09. The fourth-order valence-electron chi connectivity index (χ4n) is 2.82. The molecule has 3 atom stereocenters. The molecule has 4 N–H and O–H groups in total. The minimum Gasteiger partial charge on any atom is -0.382 e. The SMILES string of the molecule is CC(C)NC(=O)c1c(N)nsc1NC1CCC(C)C(C)C1. The number of rotatable bonds is 4. The quantitative estimate of drug-likeness (QED) is 0.798. The highest BCUT2D eigenvalue weighted by Gasteiger charge is 2.27. The summed E-state index contributed by atoms with van der Waals surface area (Å²) in [6.45, 7) is 8.48. The van der Waals surface area contributed by atoms with Crippen molar-refractivity contribution in [2.24, 2.45) is 11.8 Å². The molecule has 118 valence electrons. The Morgan fingerprint density at radius 2 is 2.05 bits per heavy atom. The number of hydrogen-bond donors (Lipinski definition) is 3. The van der Waals surface area contributed by atoms with E-state index in [9.17, 15) is 4.79 Å². The highest BCUT2D eigenvalue weighted by atomic mass is 32.1. The number of carbonyl (C=O) groups is 1. The molecule has 0 aromatic carbocycles. The topological polar surface area (TPSA) is 80.0 Å². The first-order valence-corrected chi connectivity index (χ1v) is 8.48. The first kappa shape index (κ1) is 16.1. The van der Waals surface area contributed by atoms with Crippen LogP contribution in [0.15, 0.2) is 0 Å². The molecule has 1 amide bonds. The lowest BCUT2D eigenvalue weighted by molar-refractivity contribution is 0.0945. The second kappa shape index (κ2) is 6.64. The van der Waals surface area contributed by atoms with Crippen LogP contribution in [0.4, 0.5) is 10.8 Å². The Hall–Kier alpha value is -1.30. The van der Waals surface area contributed by atoms with E-state index in [0.29, 0.717) is 23.3 Å². The molecule has 1 aromatic rings. The van der Waals surface area contributed by atoms with Gasteiger partial charge in [0.2, 0.25) is 0 Å². The average molecular weight is 310 g/mol.